The quantitative estimate of drug-likeness (QED) is 0.429. The summed E-state index contributed by atoms with van der Waals surface area (Å²) in [5, 5.41) is 8.07. The monoisotopic (exact) mass is 513 g/mol. The molecule has 0 spiro atoms. The Bertz CT molecular complexity index is 1270. The molecule has 0 aliphatic carbocycles. The first kappa shape index (κ1) is 23.9. The zero-order valence-electron chi connectivity index (χ0n) is 18.3. The number of halogens is 6. The lowest BCUT2D eigenvalue weighted by molar-refractivity contribution is -0.143. The molecule has 13 heteroatoms. The number of carbonyl (C=O) groups excluding carboxylic acids is 1. The third-order valence-electron chi connectivity index (χ3n) is 5.95. The van der Waals surface area contributed by atoms with Crippen molar-refractivity contribution in [3.8, 4) is 23.0 Å². The number of ether oxygens (including phenoxy) is 2. The van der Waals surface area contributed by atoms with Crippen molar-refractivity contribution in [2.75, 3.05) is 19.9 Å². The number of hydrogen-bond acceptors (Lipinski definition) is 6. The van der Waals surface area contributed by atoms with Crippen LogP contribution >= 0.6 is 0 Å². The molecule has 0 N–H and O–H groups in total. The van der Waals surface area contributed by atoms with E-state index < -0.39 is 40.9 Å². The lowest BCUT2D eigenvalue weighted by atomic mass is 9.96. The summed E-state index contributed by atoms with van der Waals surface area (Å²) in [5.74, 6) is 0.112. The van der Waals surface area contributed by atoms with Gasteiger partial charge in [0.25, 0.3) is 5.91 Å². The molecule has 2 aromatic carbocycles. The first-order chi connectivity index (χ1) is 17.0. The Morgan fingerprint density at radius 2 is 1.61 bits per heavy atom. The first-order valence-electron chi connectivity index (χ1n) is 10.8. The number of aromatic nitrogens is 2. The van der Waals surface area contributed by atoms with E-state index in [9.17, 15) is 31.1 Å². The summed E-state index contributed by atoms with van der Waals surface area (Å²) in [7, 11) is 0. The van der Waals surface area contributed by atoms with Crippen molar-refractivity contribution in [1.82, 2.24) is 15.1 Å². The predicted molar refractivity (Wildman–Crippen MR) is 110 cm³/mol. The summed E-state index contributed by atoms with van der Waals surface area (Å²) < 4.78 is 95.6. The molecule has 1 saturated heterocycles. The number of rotatable bonds is 3. The normalized spacial score (nSPS) is 17.9. The summed E-state index contributed by atoms with van der Waals surface area (Å²) in [6, 6.07) is 5.92. The van der Waals surface area contributed by atoms with Gasteiger partial charge in [-0.25, -0.2) is 0 Å². The summed E-state index contributed by atoms with van der Waals surface area (Å²) in [6.45, 7) is 0.255. The minimum atomic E-state index is -5.05. The van der Waals surface area contributed by atoms with Gasteiger partial charge in [-0.15, -0.1) is 10.2 Å². The van der Waals surface area contributed by atoms with Crippen molar-refractivity contribution in [3.63, 3.8) is 0 Å². The second-order valence-corrected chi connectivity index (χ2v) is 8.40. The molecule has 1 aromatic heterocycles. The molecule has 1 atom stereocenters. The van der Waals surface area contributed by atoms with Gasteiger partial charge < -0.3 is 18.8 Å². The van der Waals surface area contributed by atoms with Gasteiger partial charge in [-0.05, 0) is 49.2 Å². The summed E-state index contributed by atoms with van der Waals surface area (Å²) in [4.78, 5) is 14.2. The molecule has 5 rings (SSSR count). The van der Waals surface area contributed by atoms with Gasteiger partial charge in [-0.3, -0.25) is 4.79 Å². The fourth-order valence-electron chi connectivity index (χ4n) is 4.17. The van der Waals surface area contributed by atoms with Crippen molar-refractivity contribution in [3.05, 3.63) is 59.0 Å². The van der Waals surface area contributed by atoms with Crippen LogP contribution in [0.2, 0.25) is 0 Å². The molecule has 3 aromatic rings. The number of amides is 1. The van der Waals surface area contributed by atoms with Crippen molar-refractivity contribution in [2.24, 2.45) is 0 Å². The largest absolute Gasteiger partial charge is 0.454 e. The molecule has 36 heavy (non-hydrogen) atoms. The minimum absolute atomic E-state index is 0.000791. The number of fused-ring (bicyclic) bond motifs is 1. The number of likely N-dealkylation sites (tertiary alicyclic amines) is 1. The van der Waals surface area contributed by atoms with Gasteiger partial charge in [0, 0.05) is 24.2 Å². The fourth-order valence-corrected chi connectivity index (χ4v) is 4.17. The molecule has 3 heterocycles. The van der Waals surface area contributed by atoms with E-state index in [1.54, 1.807) is 18.2 Å². The average Bonchev–Trinajstić information content (AvgIpc) is 3.51. The lowest BCUT2D eigenvalue weighted by Crippen LogP contribution is -2.39. The highest BCUT2D eigenvalue weighted by Gasteiger charge is 2.38. The van der Waals surface area contributed by atoms with Gasteiger partial charge >= 0.3 is 12.4 Å². The molecular formula is C23H17F6N3O4. The number of carbonyl (C=O) groups is 1. The molecule has 2 aliphatic rings. The molecule has 1 fully saturated rings. The first-order valence-corrected chi connectivity index (χ1v) is 10.8. The highest BCUT2D eigenvalue weighted by Crippen LogP contribution is 2.38. The maximum Gasteiger partial charge on any atom is 0.416 e. The van der Waals surface area contributed by atoms with E-state index in [1.807, 2.05) is 0 Å². The van der Waals surface area contributed by atoms with Crippen LogP contribution in [0.1, 0.15) is 46.1 Å². The van der Waals surface area contributed by atoms with Crippen LogP contribution in [-0.2, 0) is 12.4 Å². The highest BCUT2D eigenvalue weighted by molar-refractivity contribution is 5.94. The van der Waals surface area contributed by atoms with E-state index in [1.165, 1.54) is 4.90 Å². The zero-order chi connectivity index (χ0) is 25.7. The molecule has 2 aliphatic heterocycles. The molecule has 7 nitrogen and oxygen atoms in total. The lowest BCUT2D eigenvalue weighted by Gasteiger charge is -2.31. The Morgan fingerprint density at radius 1 is 0.917 bits per heavy atom. The number of benzene rings is 2. The van der Waals surface area contributed by atoms with E-state index >= 15 is 0 Å². The maximum atomic E-state index is 13.2. The number of alkyl halides is 6. The molecular weight excluding hydrogens is 496 g/mol. The van der Waals surface area contributed by atoms with Gasteiger partial charge in [-0.2, -0.15) is 26.3 Å². The molecule has 0 bridgehead atoms. The van der Waals surface area contributed by atoms with E-state index in [2.05, 4.69) is 10.2 Å². The van der Waals surface area contributed by atoms with E-state index in [-0.39, 0.29) is 37.7 Å². The minimum Gasteiger partial charge on any atom is -0.454 e. The molecule has 190 valence electrons. The van der Waals surface area contributed by atoms with Gasteiger partial charge in [0.15, 0.2) is 11.5 Å². The number of hydrogen-bond donors (Lipinski definition) is 0. The van der Waals surface area contributed by atoms with Gasteiger partial charge in [0.05, 0.1) is 17.0 Å². The SMILES string of the molecule is O=C(c1cc(C(F)(F)F)cc(C(F)(F)F)c1)N1CCCC(c2nnc(-c3ccc4c(c3)OCO4)o2)C1. The van der Waals surface area contributed by atoms with Crippen LogP contribution in [0.15, 0.2) is 40.8 Å². The van der Waals surface area contributed by atoms with E-state index in [4.69, 9.17) is 13.9 Å². The Morgan fingerprint density at radius 3 is 2.31 bits per heavy atom. The van der Waals surface area contributed by atoms with Gasteiger partial charge in [-0.1, -0.05) is 0 Å². The van der Waals surface area contributed by atoms with Crippen molar-refractivity contribution >= 4 is 5.91 Å². The smallest absolute Gasteiger partial charge is 0.416 e. The van der Waals surface area contributed by atoms with Crippen LogP contribution in [0.4, 0.5) is 26.3 Å². The standard InChI is InChI=1S/C23H17F6N3O4/c24-22(25,26)15-6-14(7-16(9-15)23(27,28)29)21(33)32-5-1-2-13(10-32)20-31-30-19(36-20)12-3-4-17-18(8-12)35-11-34-17/h3-4,6-9,13H,1-2,5,10-11H2. The van der Waals surface area contributed by atoms with E-state index in [0.29, 0.717) is 42.0 Å². The van der Waals surface area contributed by atoms with Crippen LogP contribution in [0.5, 0.6) is 11.5 Å². The Kier molecular flexibility index (Phi) is 5.80. The molecule has 1 unspecified atom stereocenters. The average molecular weight is 513 g/mol. The summed E-state index contributed by atoms with van der Waals surface area (Å²) in [6.07, 6.45) is -9.10. The third-order valence-corrected chi connectivity index (χ3v) is 5.95. The third kappa shape index (κ3) is 4.69. The van der Waals surface area contributed by atoms with Gasteiger partial charge in [0.1, 0.15) is 0 Å². The van der Waals surface area contributed by atoms with Crippen LogP contribution in [-0.4, -0.2) is 40.9 Å². The zero-order valence-corrected chi connectivity index (χ0v) is 18.3. The predicted octanol–water partition coefficient (Wildman–Crippen LogP) is 5.52. The number of piperidine rings is 1. The summed E-state index contributed by atoms with van der Waals surface area (Å²) in [5.41, 5.74) is -3.20. The Labute approximate surface area is 199 Å². The fraction of sp³-hybridized carbons (Fsp3) is 0.348. The topological polar surface area (TPSA) is 77.7 Å². The van der Waals surface area contributed by atoms with Crippen LogP contribution in [0.3, 0.4) is 0 Å². The molecule has 0 radical (unpaired) electrons. The summed E-state index contributed by atoms with van der Waals surface area (Å²) >= 11 is 0. The Balaban J connectivity index is 1.37. The molecule has 1 amide bonds. The van der Waals surface area contributed by atoms with Gasteiger partial charge in [0.2, 0.25) is 18.6 Å². The second kappa shape index (κ2) is 8.71. The van der Waals surface area contributed by atoms with Crippen LogP contribution in [0.25, 0.3) is 11.5 Å². The molecule has 0 saturated carbocycles. The van der Waals surface area contributed by atoms with Crippen LogP contribution in [0, 0.1) is 0 Å². The van der Waals surface area contributed by atoms with Crippen molar-refractivity contribution in [2.45, 2.75) is 31.1 Å². The van der Waals surface area contributed by atoms with E-state index in [0.717, 1.165) is 0 Å². The highest BCUT2D eigenvalue weighted by atomic mass is 19.4. The van der Waals surface area contributed by atoms with Crippen molar-refractivity contribution in [1.29, 1.82) is 0 Å². The second-order valence-electron chi connectivity index (χ2n) is 8.40. The van der Waals surface area contributed by atoms with Crippen molar-refractivity contribution < 1.29 is 45.0 Å². The maximum absolute atomic E-state index is 13.2. The van der Waals surface area contributed by atoms with Crippen LogP contribution < -0.4 is 9.47 Å². The number of nitrogens with zero attached hydrogens (tertiary/aromatic N) is 3. The Hall–Kier alpha value is -3.77.